The maximum Gasteiger partial charge on any atom is 0.244 e. The number of carbonyl (C=O) groups excluding carboxylic acids is 2. The number of carbonyl (C=O) groups is 2. The highest BCUT2D eigenvalue weighted by Gasteiger charge is 2.33. The summed E-state index contributed by atoms with van der Waals surface area (Å²) < 4.78 is 32.8. The standard InChI is InChI=1S/C27H30BrN3O5S/c1-29-27(33)24(17-20-10-5-4-6-11-20)30(18-21-12-9-13-22(28)16-21)26(32)19-31(37(3,34)35)23-14-7-8-15-25(23)36-2/h4-16,24H,17-19H2,1-3H3,(H,29,33). The molecule has 3 aromatic carbocycles. The van der Waals surface area contributed by atoms with E-state index in [0.717, 1.165) is 26.2 Å². The molecule has 0 aliphatic carbocycles. The molecule has 10 heteroatoms. The van der Waals surface area contributed by atoms with Crippen LogP contribution >= 0.6 is 15.9 Å². The normalized spacial score (nSPS) is 11.9. The van der Waals surface area contributed by atoms with Crippen molar-refractivity contribution in [1.82, 2.24) is 10.2 Å². The monoisotopic (exact) mass is 587 g/mol. The molecule has 0 spiro atoms. The van der Waals surface area contributed by atoms with E-state index >= 15 is 0 Å². The predicted octanol–water partition coefficient (Wildman–Crippen LogP) is 3.61. The van der Waals surface area contributed by atoms with Gasteiger partial charge in [-0.25, -0.2) is 8.42 Å². The third kappa shape index (κ3) is 7.56. The maximum absolute atomic E-state index is 13.9. The van der Waals surface area contributed by atoms with Crippen molar-refractivity contribution in [2.75, 3.05) is 31.3 Å². The number of sulfonamides is 1. The van der Waals surface area contributed by atoms with E-state index in [2.05, 4.69) is 21.2 Å². The van der Waals surface area contributed by atoms with Crippen molar-refractivity contribution in [1.29, 1.82) is 0 Å². The minimum absolute atomic E-state index is 0.104. The number of methoxy groups -OCH3 is 1. The zero-order valence-electron chi connectivity index (χ0n) is 20.9. The van der Waals surface area contributed by atoms with Gasteiger partial charge in [0, 0.05) is 24.5 Å². The first-order valence-electron chi connectivity index (χ1n) is 11.5. The molecule has 3 rings (SSSR count). The van der Waals surface area contributed by atoms with Crippen LogP contribution in [0.1, 0.15) is 11.1 Å². The summed E-state index contributed by atoms with van der Waals surface area (Å²) in [6, 6.07) is 22.5. The largest absolute Gasteiger partial charge is 0.495 e. The first-order valence-corrected chi connectivity index (χ1v) is 14.2. The first kappa shape index (κ1) is 28.2. The summed E-state index contributed by atoms with van der Waals surface area (Å²) in [6.07, 6.45) is 1.29. The molecule has 0 aliphatic rings. The molecule has 1 atom stereocenters. The highest BCUT2D eigenvalue weighted by atomic mass is 79.9. The summed E-state index contributed by atoms with van der Waals surface area (Å²) in [5.41, 5.74) is 1.89. The molecular weight excluding hydrogens is 558 g/mol. The van der Waals surface area contributed by atoms with Crippen LogP contribution in [-0.2, 0) is 32.6 Å². The van der Waals surface area contributed by atoms with Gasteiger partial charge in [0.15, 0.2) is 0 Å². The van der Waals surface area contributed by atoms with Crippen LogP contribution in [0.25, 0.3) is 0 Å². The summed E-state index contributed by atoms with van der Waals surface area (Å²) in [7, 11) is -0.925. The second-order valence-corrected chi connectivity index (χ2v) is 11.2. The smallest absolute Gasteiger partial charge is 0.244 e. The first-order chi connectivity index (χ1) is 17.6. The molecule has 1 N–H and O–H groups in total. The van der Waals surface area contributed by atoms with Crippen LogP contribution in [0.2, 0.25) is 0 Å². The van der Waals surface area contributed by atoms with Crippen LogP contribution < -0.4 is 14.4 Å². The molecule has 3 aromatic rings. The summed E-state index contributed by atoms with van der Waals surface area (Å²) in [5, 5.41) is 2.66. The number of halogens is 1. The van der Waals surface area contributed by atoms with Crippen LogP contribution in [-0.4, -0.2) is 58.1 Å². The molecule has 2 amide bonds. The molecule has 0 fully saturated rings. The Balaban J connectivity index is 2.05. The van der Waals surface area contributed by atoms with Gasteiger partial charge in [-0.1, -0.05) is 70.5 Å². The number of rotatable bonds is 11. The number of ether oxygens (including phenoxy) is 1. The van der Waals surface area contributed by atoms with E-state index in [1.165, 1.54) is 19.1 Å². The average molecular weight is 589 g/mol. The fourth-order valence-electron chi connectivity index (χ4n) is 3.98. The Morgan fingerprint density at radius 1 is 0.973 bits per heavy atom. The third-order valence-corrected chi connectivity index (χ3v) is 7.41. The Kier molecular flexibility index (Phi) is 9.71. The number of hydrogen-bond acceptors (Lipinski definition) is 5. The van der Waals surface area contributed by atoms with Crippen molar-refractivity contribution in [2.45, 2.75) is 19.0 Å². The zero-order valence-corrected chi connectivity index (χ0v) is 23.3. The minimum atomic E-state index is -3.87. The van der Waals surface area contributed by atoms with Gasteiger partial charge in [-0.2, -0.15) is 0 Å². The second kappa shape index (κ2) is 12.7. The van der Waals surface area contributed by atoms with Gasteiger partial charge >= 0.3 is 0 Å². The lowest BCUT2D eigenvalue weighted by atomic mass is 10.0. The molecule has 0 saturated heterocycles. The van der Waals surface area contributed by atoms with Crippen LogP contribution in [0, 0.1) is 0 Å². The van der Waals surface area contributed by atoms with Crippen molar-refractivity contribution >= 4 is 43.5 Å². The van der Waals surface area contributed by atoms with E-state index in [9.17, 15) is 18.0 Å². The molecule has 0 aromatic heterocycles. The topological polar surface area (TPSA) is 96.0 Å². The Hall–Kier alpha value is -3.37. The maximum atomic E-state index is 13.9. The number of nitrogens with zero attached hydrogens (tertiary/aromatic N) is 2. The highest BCUT2D eigenvalue weighted by molar-refractivity contribution is 9.10. The molecule has 37 heavy (non-hydrogen) atoms. The Labute approximate surface area is 226 Å². The van der Waals surface area contributed by atoms with E-state index in [0.29, 0.717) is 5.75 Å². The molecule has 0 saturated carbocycles. The van der Waals surface area contributed by atoms with Crippen molar-refractivity contribution < 1.29 is 22.7 Å². The minimum Gasteiger partial charge on any atom is -0.495 e. The molecule has 0 aliphatic heterocycles. The van der Waals surface area contributed by atoms with E-state index in [1.807, 2.05) is 54.6 Å². The Morgan fingerprint density at radius 2 is 1.62 bits per heavy atom. The lowest BCUT2D eigenvalue weighted by Gasteiger charge is -2.33. The number of para-hydroxylation sites is 2. The van der Waals surface area contributed by atoms with Gasteiger partial charge in [-0.3, -0.25) is 13.9 Å². The van der Waals surface area contributed by atoms with Gasteiger partial charge in [0.2, 0.25) is 21.8 Å². The Morgan fingerprint density at radius 3 is 2.24 bits per heavy atom. The number of hydrogen-bond donors (Lipinski definition) is 1. The number of nitrogens with one attached hydrogen (secondary N) is 1. The summed E-state index contributed by atoms with van der Waals surface area (Å²) in [4.78, 5) is 28.4. The van der Waals surface area contributed by atoms with Crippen LogP contribution in [0.3, 0.4) is 0 Å². The SMILES string of the molecule is CNC(=O)C(Cc1ccccc1)N(Cc1cccc(Br)c1)C(=O)CN(c1ccccc1OC)S(C)(=O)=O. The van der Waals surface area contributed by atoms with Gasteiger partial charge in [-0.15, -0.1) is 0 Å². The molecule has 196 valence electrons. The molecule has 1 unspecified atom stereocenters. The van der Waals surface area contributed by atoms with E-state index < -0.39 is 28.5 Å². The van der Waals surface area contributed by atoms with E-state index in [4.69, 9.17) is 4.74 Å². The third-order valence-electron chi connectivity index (χ3n) is 5.79. The van der Waals surface area contributed by atoms with Gasteiger partial charge in [0.1, 0.15) is 18.3 Å². The van der Waals surface area contributed by atoms with E-state index in [1.54, 1.807) is 24.3 Å². The van der Waals surface area contributed by atoms with Crippen LogP contribution in [0.5, 0.6) is 5.75 Å². The quantitative estimate of drug-likeness (QED) is 0.370. The molecule has 0 heterocycles. The van der Waals surface area contributed by atoms with Gasteiger partial charge < -0.3 is 15.0 Å². The summed E-state index contributed by atoms with van der Waals surface area (Å²) in [6.45, 7) is -0.401. The van der Waals surface area contributed by atoms with Crippen LogP contribution in [0.15, 0.2) is 83.3 Å². The lowest BCUT2D eigenvalue weighted by Crippen LogP contribution is -2.52. The van der Waals surface area contributed by atoms with Crippen molar-refractivity contribution in [3.8, 4) is 5.75 Å². The number of anilines is 1. The molecule has 0 bridgehead atoms. The fourth-order valence-corrected chi connectivity index (χ4v) is 5.28. The lowest BCUT2D eigenvalue weighted by molar-refractivity contribution is -0.139. The second-order valence-electron chi connectivity index (χ2n) is 8.41. The van der Waals surface area contributed by atoms with Crippen molar-refractivity contribution in [3.63, 3.8) is 0 Å². The van der Waals surface area contributed by atoms with Crippen LogP contribution in [0.4, 0.5) is 5.69 Å². The van der Waals surface area contributed by atoms with Crippen molar-refractivity contribution in [2.24, 2.45) is 0 Å². The highest BCUT2D eigenvalue weighted by Crippen LogP contribution is 2.30. The molecule has 8 nitrogen and oxygen atoms in total. The summed E-state index contributed by atoms with van der Waals surface area (Å²) in [5.74, 6) is -0.567. The zero-order chi connectivity index (χ0) is 27.0. The van der Waals surface area contributed by atoms with Crippen molar-refractivity contribution in [3.05, 3.63) is 94.5 Å². The molecular formula is C27H30BrN3O5S. The number of likely N-dealkylation sites (N-methyl/N-ethyl adjacent to an activating group) is 1. The van der Waals surface area contributed by atoms with Gasteiger partial charge in [0.05, 0.1) is 19.1 Å². The number of amides is 2. The molecule has 0 radical (unpaired) electrons. The average Bonchev–Trinajstić information content (AvgIpc) is 2.88. The number of benzene rings is 3. The van der Waals surface area contributed by atoms with Gasteiger partial charge in [-0.05, 0) is 35.4 Å². The van der Waals surface area contributed by atoms with E-state index in [-0.39, 0.29) is 24.6 Å². The van der Waals surface area contributed by atoms with Gasteiger partial charge in [0.25, 0.3) is 0 Å². The predicted molar refractivity (Wildman–Crippen MR) is 148 cm³/mol. The fraction of sp³-hybridized carbons (Fsp3) is 0.259. The summed E-state index contributed by atoms with van der Waals surface area (Å²) >= 11 is 3.45. The Bertz CT molecular complexity index is 1330.